The van der Waals surface area contributed by atoms with Crippen molar-refractivity contribution >= 4 is 22.5 Å². The van der Waals surface area contributed by atoms with E-state index >= 15 is 0 Å². The second kappa shape index (κ2) is 6.20. The molecule has 2 aromatic heterocycles. The SMILES string of the molecule is CCOc1ccc2nc(C)cc(Nc3nc(C)cc(C)n3)c2c1. The van der Waals surface area contributed by atoms with E-state index in [0.29, 0.717) is 12.6 Å². The van der Waals surface area contributed by atoms with Gasteiger partial charge in [0.2, 0.25) is 5.95 Å². The van der Waals surface area contributed by atoms with Gasteiger partial charge in [-0.2, -0.15) is 0 Å². The summed E-state index contributed by atoms with van der Waals surface area (Å²) < 4.78 is 5.60. The summed E-state index contributed by atoms with van der Waals surface area (Å²) in [6, 6.07) is 9.86. The lowest BCUT2D eigenvalue weighted by Gasteiger charge is -2.12. The van der Waals surface area contributed by atoms with Gasteiger partial charge in [-0.25, -0.2) is 9.97 Å². The van der Waals surface area contributed by atoms with Gasteiger partial charge in [-0.05, 0) is 58.0 Å². The minimum atomic E-state index is 0.594. The van der Waals surface area contributed by atoms with Crippen LogP contribution in [0.3, 0.4) is 0 Å². The van der Waals surface area contributed by atoms with Gasteiger partial charge < -0.3 is 10.1 Å². The van der Waals surface area contributed by atoms with E-state index in [0.717, 1.165) is 39.4 Å². The van der Waals surface area contributed by atoms with Crippen LogP contribution in [0.2, 0.25) is 0 Å². The molecule has 0 bridgehead atoms. The monoisotopic (exact) mass is 308 g/mol. The standard InChI is InChI=1S/C18H20N4O/c1-5-23-14-6-7-16-15(10-14)17(9-13(4)19-16)22-18-20-11(2)8-12(3)21-18/h6-10H,5H2,1-4H3,(H,19,20,21,22). The maximum Gasteiger partial charge on any atom is 0.227 e. The van der Waals surface area contributed by atoms with Gasteiger partial charge in [0.15, 0.2) is 0 Å². The van der Waals surface area contributed by atoms with Crippen molar-refractivity contribution in [3.63, 3.8) is 0 Å². The summed E-state index contributed by atoms with van der Waals surface area (Å²) >= 11 is 0. The summed E-state index contributed by atoms with van der Waals surface area (Å²) in [6.07, 6.45) is 0. The van der Waals surface area contributed by atoms with Crippen molar-refractivity contribution in [2.75, 3.05) is 11.9 Å². The van der Waals surface area contributed by atoms with E-state index in [4.69, 9.17) is 4.74 Å². The molecule has 3 aromatic rings. The molecular weight excluding hydrogens is 288 g/mol. The molecule has 3 rings (SSSR count). The fourth-order valence-corrected chi connectivity index (χ4v) is 2.60. The van der Waals surface area contributed by atoms with Gasteiger partial charge in [-0.3, -0.25) is 4.98 Å². The van der Waals surface area contributed by atoms with Crippen LogP contribution in [0.25, 0.3) is 10.9 Å². The van der Waals surface area contributed by atoms with Gasteiger partial charge in [0.25, 0.3) is 0 Å². The van der Waals surface area contributed by atoms with Gasteiger partial charge in [-0.15, -0.1) is 0 Å². The van der Waals surface area contributed by atoms with E-state index in [-0.39, 0.29) is 0 Å². The predicted molar refractivity (Wildman–Crippen MR) is 92.4 cm³/mol. The van der Waals surface area contributed by atoms with Crippen molar-refractivity contribution in [2.45, 2.75) is 27.7 Å². The fourth-order valence-electron chi connectivity index (χ4n) is 2.60. The highest BCUT2D eigenvalue weighted by molar-refractivity contribution is 5.93. The van der Waals surface area contributed by atoms with E-state index in [1.807, 2.05) is 58.0 Å². The van der Waals surface area contributed by atoms with Gasteiger partial charge in [0.1, 0.15) is 5.75 Å². The molecule has 0 spiro atoms. The normalized spacial score (nSPS) is 10.8. The Bertz CT molecular complexity index is 841. The summed E-state index contributed by atoms with van der Waals surface area (Å²) in [7, 11) is 0. The number of benzene rings is 1. The maximum absolute atomic E-state index is 5.60. The third-order valence-corrected chi connectivity index (χ3v) is 3.45. The van der Waals surface area contributed by atoms with Crippen LogP contribution in [0, 0.1) is 20.8 Å². The Balaban J connectivity index is 2.09. The first-order valence-corrected chi connectivity index (χ1v) is 7.68. The Hall–Kier alpha value is -2.69. The third-order valence-electron chi connectivity index (χ3n) is 3.45. The molecule has 0 fully saturated rings. The van der Waals surface area contributed by atoms with Crippen molar-refractivity contribution < 1.29 is 4.74 Å². The lowest BCUT2D eigenvalue weighted by molar-refractivity contribution is 0.340. The molecule has 0 amide bonds. The number of ether oxygens (including phenoxy) is 1. The molecule has 0 radical (unpaired) electrons. The number of aromatic nitrogens is 3. The van der Waals surface area contributed by atoms with E-state index in [2.05, 4.69) is 20.3 Å². The summed E-state index contributed by atoms with van der Waals surface area (Å²) in [5.74, 6) is 1.42. The number of pyridine rings is 1. The number of anilines is 2. The Morgan fingerprint density at radius 2 is 1.61 bits per heavy atom. The number of fused-ring (bicyclic) bond motifs is 1. The number of nitrogens with zero attached hydrogens (tertiary/aromatic N) is 3. The zero-order chi connectivity index (χ0) is 16.4. The molecule has 23 heavy (non-hydrogen) atoms. The molecule has 0 saturated carbocycles. The quantitative estimate of drug-likeness (QED) is 0.786. The van der Waals surface area contributed by atoms with Crippen molar-refractivity contribution in [3.8, 4) is 5.75 Å². The molecule has 1 aromatic carbocycles. The van der Waals surface area contributed by atoms with Crippen molar-refractivity contribution in [3.05, 3.63) is 47.4 Å². The molecule has 0 atom stereocenters. The van der Waals surface area contributed by atoms with Crippen LogP contribution in [0.1, 0.15) is 24.0 Å². The average Bonchev–Trinajstić information content (AvgIpc) is 2.47. The molecule has 118 valence electrons. The highest BCUT2D eigenvalue weighted by Crippen LogP contribution is 2.29. The number of rotatable bonds is 4. The molecule has 5 heteroatoms. The van der Waals surface area contributed by atoms with Gasteiger partial charge in [-0.1, -0.05) is 0 Å². The van der Waals surface area contributed by atoms with Crippen LogP contribution in [0.5, 0.6) is 5.75 Å². The second-order valence-electron chi connectivity index (χ2n) is 5.52. The summed E-state index contributed by atoms with van der Waals surface area (Å²) in [6.45, 7) is 8.50. The molecule has 5 nitrogen and oxygen atoms in total. The minimum Gasteiger partial charge on any atom is -0.494 e. The van der Waals surface area contributed by atoms with Gasteiger partial charge in [0.05, 0.1) is 17.8 Å². The molecule has 0 unspecified atom stereocenters. The lowest BCUT2D eigenvalue weighted by atomic mass is 10.1. The van der Waals surface area contributed by atoms with Crippen LogP contribution in [-0.2, 0) is 0 Å². The Kier molecular flexibility index (Phi) is 4.10. The molecule has 0 aliphatic carbocycles. The number of aryl methyl sites for hydroxylation is 3. The zero-order valence-electron chi connectivity index (χ0n) is 13.8. The molecular formula is C18H20N4O. The van der Waals surface area contributed by atoms with Gasteiger partial charge >= 0.3 is 0 Å². The first kappa shape index (κ1) is 15.2. The van der Waals surface area contributed by atoms with Crippen molar-refractivity contribution in [1.82, 2.24) is 15.0 Å². The number of hydrogen-bond donors (Lipinski definition) is 1. The zero-order valence-corrected chi connectivity index (χ0v) is 13.8. The predicted octanol–water partition coefficient (Wildman–Crippen LogP) is 4.09. The first-order valence-electron chi connectivity index (χ1n) is 7.68. The number of hydrogen-bond acceptors (Lipinski definition) is 5. The topological polar surface area (TPSA) is 59.9 Å². The summed E-state index contributed by atoms with van der Waals surface area (Å²) in [4.78, 5) is 13.5. The molecule has 0 aliphatic heterocycles. The third kappa shape index (κ3) is 3.39. The Labute approximate surface area is 135 Å². The molecule has 0 saturated heterocycles. The minimum absolute atomic E-state index is 0.594. The fraction of sp³-hybridized carbons (Fsp3) is 0.278. The van der Waals surface area contributed by atoms with Crippen LogP contribution >= 0.6 is 0 Å². The lowest BCUT2D eigenvalue weighted by Crippen LogP contribution is -2.02. The number of nitrogens with one attached hydrogen (secondary N) is 1. The van der Waals surface area contributed by atoms with Crippen molar-refractivity contribution in [2.24, 2.45) is 0 Å². The summed E-state index contributed by atoms with van der Waals surface area (Å²) in [5.41, 5.74) is 4.66. The van der Waals surface area contributed by atoms with Crippen LogP contribution in [0.15, 0.2) is 30.3 Å². The largest absolute Gasteiger partial charge is 0.494 e. The van der Waals surface area contributed by atoms with Crippen molar-refractivity contribution in [1.29, 1.82) is 0 Å². The Morgan fingerprint density at radius 3 is 2.30 bits per heavy atom. The van der Waals surface area contributed by atoms with Crippen LogP contribution < -0.4 is 10.1 Å². The summed E-state index contributed by atoms with van der Waals surface area (Å²) in [5, 5.41) is 4.31. The second-order valence-corrected chi connectivity index (χ2v) is 5.52. The highest BCUT2D eigenvalue weighted by atomic mass is 16.5. The van der Waals surface area contributed by atoms with Crippen LogP contribution in [-0.4, -0.2) is 21.6 Å². The first-order chi connectivity index (χ1) is 11.0. The van der Waals surface area contributed by atoms with E-state index < -0.39 is 0 Å². The van der Waals surface area contributed by atoms with Crippen LogP contribution in [0.4, 0.5) is 11.6 Å². The highest BCUT2D eigenvalue weighted by Gasteiger charge is 2.08. The molecule has 2 heterocycles. The van der Waals surface area contributed by atoms with E-state index in [1.165, 1.54) is 0 Å². The molecule has 0 aliphatic rings. The average molecular weight is 308 g/mol. The molecule has 1 N–H and O–H groups in total. The van der Waals surface area contributed by atoms with Gasteiger partial charge in [0, 0.05) is 22.5 Å². The maximum atomic E-state index is 5.60. The van der Waals surface area contributed by atoms with E-state index in [1.54, 1.807) is 0 Å². The smallest absolute Gasteiger partial charge is 0.227 e. The van der Waals surface area contributed by atoms with E-state index in [9.17, 15) is 0 Å². The Morgan fingerprint density at radius 1 is 0.913 bits per heavy atom.